The summed E-state index contributed by atoms with van der Waals surface area (Å²) in [7, 11) is 1.31. The van der Waals surface area contributed by atoms with Gasteiger partial charge in [0.15, 0.2) is 11.3 Å². The van der Waals surface area contributed by atoms with Crippen molar-refractivity contribution in [3.05, 3.63) is 40.1 Å². The molecule has 0 saturated carbocycles. The average Bonchev–Trinajstić information content (AvgIpc) is 2.91. The van der Waals surface area contributed by atoms with Gasteiger partial charge in [0.2, 0.25) is 0 Å². The van der Waals surface area contributed by atoms with Crippen LogP contribution in [0.25, 0.3) is 11.2 Å². The molecule has 2 aromatic heterocycles. The summed E-state index contributed by atoms with van der Waals surface area (Å²) >= 11 is 0. The Morgan fingerprint density at radius 3 is 2.32 bits per heavy atom. The van der Waals surface area contributed by atoms with Gasteiger partial charge in [-0.05, 0) is 0 Å². The molecule has 0 atom stereocenters. The summed E-state index contributed by atoms with van der Waals surface area (Å²) in [6.45, 7) is -2.00. The number of allylic oxidation sites excluding steroid dienone is 1. The summed E-state index contributed by atoms with van der Waals surface area (Å²) in [4.78, 5) is 15.8. The van der Waals surface area contributed by atoms with E-state index in [9.17, 15) is 39.9 Å². The van der Waals surface area contributed by atoms with Crippen LogP contribution in [0.2, 0.25) is 0 Å². The molecule has 0 radical (unpaired) electrons. The second kappa shape index (κ2) is 6.91. The van der Waals surface area contributed by atoms with Crippen molar-refractivity contribution in [1.82, 2.24) is 19.5 Å². The van der Waals surface area contributed by atoms with Crippen LogP contribution in [0.3, 0.4) is 0 Å². The Kier molecular flexibility index (Phi) is 5.27. The highest BCUT2D eigenvalue weighted by atomic mass is 19.4. The predicted molar refractivity (Wildman–Crippen MR) is 81.2 cm³/mol. The van der Waals surface area contributed by atoms with Crippen LogP contribution in [0.4, 0.5) is 35.1 Å². The van der Waals surface area contributed by atoms with Crippen molar-refractivity contribution in [3.63, 3.8) is 0 Å². The molecular weight excluding hydrogens is 406 g/mol. The molecule has 154 valence electrons. The Hall–Kier alpha value is -2.93. The van der Waals surface area contributed by atoms with Crippen LogP contribution in [-0.2, 0) is 13.2 Å². The number of nitrogens with one attached hydrogen (secondary N) is 2. The summed E-state index contributed by atoms with van der Waals surface area (Å²) in [5.41, 5.74) is -5.42. The van der Waals surface area contributed by atoms with Crippen LogP contribution in [0, 0.1) is 5.41 Å². The van der Waals surface area contributed by atoms with E-state index in [0.717, 1.165) is 10.7 Å². The predicted octanol–water partition coefficient (Wildman–Crippen LogP) is 2.83. The highest BCUT2D eigenvalue weighted by Gasteiger charge is 2.57. The molecule has 0 unspecified atom stereocenters. The van der Waals surface area contributed by atoms with Gasteiger partial charge >= 0.3 is 18.3 Å². The fourth-order valence-corrected chi connectivity index (χ4v) is 2.22. The van der Waals surface area contributed by atoms with Crippen LogP contribution in [0.15, 0.2) is 23.3 Å². The highest BCUT2D eigenvalue weighted by Crippen LogP contribution is 2.35. The number of hydrogen-bond donors (Lipinski definition) is 2. The van der Waals surface area contributed by atoms with Gasteiger partial charge in [-0.25, -0.2) is 4.98 Å². The summed E-state index contributed by atoms with van der Waals surface area (Å²) < 4.78 is 104. The molecule has 0 aliphatic carbocycles. The summed E-state index contributed by atoms with van der Waals surface area (Å²) in [6, 6.07) is 1.11. The molecule has 28 heavy (non-hydrogen) atoms. The molecule has 0 fully saturated rings. The highest BCUT2D eigenvalue weighted by molar-refractivity contribution is 6.08. The second-order valence-corrected chi connectivity index (χ2v) is 5.52. The van der Waals surface area contributed by atoms with Gasteiger partial charge < -0.3 is 10.7 Å². The van der Waals surface area contributed by atoms with Crippen molar-refractivity contribution in [3.8, 4) is 0 Å². The molecule has 0 bridgehead atoms. The maximum absolute atomic E-state index is 13.3. The largest absolute Gasteiger partial charge is 0.455 e. The molecule has 2 rings (SSSR count). The first kappa shape index (κ1) is 21.4. The summed E-state index contributed by atoms with van der Waals surface area (Å²) in [5.74, 6) is -5.18. The Morgan fingerprint density at radius 1 is 1.21 bits per heavy atom. The van der Waals surface area contributed by atoms with Gasteiger partial charge in [0.25, 0.3) is 5.56 Å². The van der Waals surface area contributed by atoms with Gasteiger partial charge in [-0.2, -0.15) is 39.6 Å². The number of rotatable bonds is 5. The van der Waals surface area contributed by atoms with Crippen molar-refractivity contribution in [2.75, 3.05) is 6.54 Å². The van der Waals surface area contributed by atoms with E-state index in [-0.39, 0.29) is 11.9 Å². The minimum Gasteiger partial charge on any atom is -0.384 e. The van der Waals surface area contributed by atoms with Crippen LogP contribution in [-0.4, -0.2) is 39.0 Å². The lowest BCUT2D eigenvalue weighted by molar-refractivity contribution is -0.278. The summed E-state index contributed by atoms with van der Waals surface area (Å²) in [6.07, 6.45) is -9.31. The number of hydrogen-bond acceptors (Lipinski definition) is 4. The molecular formula is C14H11F8N5O. The van der Waals surface area contributed by atoms with E-state index in [0.29, 0.717) is 10.7 Å². The number of halogens is 8. The SMILES string of the molecule is Cn1ccc2nc(C(F)(F)F)c(/C(C=N)=C/NCC(F)(F)C(F)(F)F)c(=O)n21. The third kappa shape index (κ3) is 3.84. The normalized spacial score (nSPS) is 13.8. The van der Waals surface area contributed by atoms with Crippen LogP contribution in [0.1, 0.15) is 11.3 Å². The fraction of sp³-hybridized carbons (Fsp3) is 0.357. The van der Waals surface area contributed by atoms with Crippen LogP contribution in [0.5, 0.6) is 0 Å². The first-order chi connectivity index (χ1) is 12.7. The molecule has 2 N–H and O–H groups in total. The Labute approximate surface area is 150 Å². The monoisotopic (exact) mass is 417 g/mol. The minimum absolute atomic E-state index is 0.210. The molecule has 0 saturated heterocycles. The quantitative estimate of drug-likeness (QED) is 0.581. The lowest BCUT2D eigenvalue weighted by Gasteiger charge is -2.19. The maximum atomic E-state index is 13.3. The molecule has 0 spiro atoms. The van der Waals surface area contributed by atoms with E-state index in [1.165, 1.54) is 18.6 Å². The number of aromatic nitrogens is 3. The topological polar surface area (TPSA) is 75.2 Å². The van der Waals surface area contributed by atoms with Crippen molar-refractivity contribution < 1.29 is 35.1 Å². The van der Waals surface area contributed by atoms with E-state index in [1.54, 1.807) is 0 Å². The van der Waals surface area contributed by atoms with Gasteiger partial charge in [0.1, 0.15) is 0 Å². The first-order valence-electron chi connectivity index (χ1n) is 7.25. The lowest BCUT2D eigenvalue weighted by Crippen LogP contribution is -2.44. The van der Waals surface area contributed by atoms with E-state index in [2.05, 4.69) is 4.98 Å². The molecule has 6 nitrogen and oxygen atoms in total. The molecule has 14 heteroatoms. The zero-order chi connectivity index (χ0) is 21.5. The molecule has 0 aliphatic heterocycles. The van der Waals surface area contributed by atoms with Gasteiger partial charge in [-0.15, -0.1) is 0 Å². The minimum atomic E-state index is -5.89. The number of nitrogens with zero attached hydrogens (tertiary/aromatic N) is 3. The average molecular weight is 417 g/mol. The number of aryl methyl sites for hydroxylation is 1. The lowest BCUT2D eigenvalue weighted by atomic mass is 10.1. The van der Waals surface area contributed by atoms with Crippen molar-refractivity contribution in [2.24, 2.45) is 7.05 Å². The molecule has 0 amide bonds. The van der Waals surface area contributed by atoms with Gasteiger partial charge in [0, 0.05) is 37.3 Å². The first-order valence-corrected chi connectivity index (χ1v) is 7.25. The smallest absolute Gasteiger partial charge is 0.384 e. The zero-order valence-corrected chi connectivity index (χ0v) is 13.8. The van der Waals surface area contributed by atoms with Crippen LogP contribution < -0.4 is 10.9 Å². The third-order valence-electron chi connectivity index (χ3n) is 3.55. The van der Waals surface area contributed by atoms with E-state index >= 15 is 0 Å². The van der Waals surface area contributed by atoms with Gasteiger partial charge in [0.05, 0.1) is 12.1 Å². The zero-order valence-electron chi connectivity index (χ0n) is 13.8. The van der Waals surface area contributed by atoms with E-state index in [1.807, 2.05) is 0 Å². The molecule has 2 aromatic rings. The van der Waals surface area contributed by atoms with Crippen molar-refractivity contribution >= 4 is 17.4 Å². The summed E-state index contributed by atoms with van der Waals surface area (Å²) in [5, 5.41) is 8.69. The van der Waals surface area contributed by atoms with Gasteiger partial charge in [-0.1, -0.05) is 0 Å². The second-order valence-electron chi connectivity index (χ2n) is 5.52. The fourth-order valence-electron chi connectivity index (χ4n) is 2.22. The van der Waals surface area contributed by atoms with Crippen LogP contribution >= 0.6 is 0 Å². The molecule has 0 aliphatic rings. The molecule has 2 heterocycles. The third-order valence-corrected chi connectivity index (χ3v) is 3.55. The standard InChI is InChI=1S/C14H11F8N5O/c1-26-3-2-8-25-10(13(17,18)19)9(11(28)27(8)26)7(4-23)5-24-6-12(15,16)14(20,21)22/h2-5,23-24H,6H2,1H3/b7-5+,23-4?. The van der Waals surface area contributed by atoms with Crippen molar-refractivity contribution in [2.45, 2.75) is 18.3 Å². The Morgan fingerprint density at radius 2 is 1.82 bits per heavy atom. The van der Waals surface area contributed by atoms with E-state index < -0.39 is 47.2 Å². The van der Waals surface area contributed by atoms with Crippen molar-refractivity contribution in [1.29, 1.82) is 5.41 Å². The number of alkyl halides is 8. The Bertz CT molecular complexity index is 982. The molecule has 0 aromatic carbocycles. The maximum Gasteiger partial charge on any atom is 0.455 e. The van der Waals surface area contributed by atoms with E-state index in [4.69, 9.17) is 5.41 Å². The van der Waals surface area contributed by atoms with Gasteiger partial charge in [-0.3, -0.25) is 9.48 Å². The Balaban J connectivity index is 2.60. The number of fused-ring (bicyclic) bond motifs is 1.